The monoisotopic (exact) mass is 217 g/mol. The van der Waals surface area contributed by atoms with E-state index in [0.717, 1.165) is 6.42 Å². The Morgan fingerprint density at radius 2 is 2.07 bits per heavy atom. The quantitative estimate of drug-likeness (QED) is 0.293. The zero-order valence-electron chi connectivity index (χ0n) is 9.37. The molecule has 0 N–H and O–H groups in total. The maximum atomic E-state index is 10.6. The Morgan fingerprint density at radius 3 is 2.57 bits per heavy atom. The van der Waals surface area contributed by atoms with Crippen molar-refractivity contribution in [2.45, 2.75) is 26.1 Å². The van der Waals surface area contributed by atoms with Gasteiger partial charge in [-0.15, -0.1) is 0 Å². The maximum absolute atomic E-state index is 10.6. The van der Waals surface area contributed by atoms with E-state index < -0.39 is 14.3 Å². The van der Waals surface area contributed by atoms with Gasteiger partial charge in [-0.2, -0.15) is 0 Å². The normalized spacial score (nSPS) is 12.0. The van der Waals surface area contributed by atoms with Crippen LogP contribution in [0.4, 0.5) is 0 Å². The average molecular weight is 217 g/mol. The van der Waals surface area contributed by atoms with Gasteiger partial charge in [0, 0.05) is 13.2 Å². The van der Waals surface area contributed by atoms with Crippen LogP contribution in [0.1, 0.15) is 6.42 Å². The number of hydrogen-bond donors (Lipinski definition) is 0. The van der Waals surface area contributed by atoms with Crippen LogP contribution in [0, 0.1) is 0 Å². The highest BCUT2D eigenvalue weighted by Crippen LogP contribution is 2.02. The zero-order chi connectivity index (χ0) is 11.0. The number of rotatable bonds is 6. The van der Waals surface area contributed by atoms with E-state index >= 15 is 0 Å². The van der Waals surface area contributed by atoms with Crippen LogP contribution in [0.5, 0.6) is 0 Å². The van der Waals surface area contributed by atoms with Gasteiger partial charge in [-0.1, -0.05) is 0 Å². The minimum atomic E-state index is -1.39. The number of ether oxygens (including phenoxy) is 1. The van der Waals surface area contributed by atoms with Crippen molar-refractivity contribution in [1.29, 1.82) is 0 Å². The Bertz CT molecular complexity index is 199. The van der Waals surface area contributed by atoms with Crippen molar-refractivity contribution in [3.63, 3.8) is 0 Å². The third-order valence-electron chi connectivity index (χ3n) is 1.36. The number of carbonyl (C=O) groups is 1. The Morgan fingerprint density at radius 1 is 1.43 bits per heavy atom. The van der Waals surface area contributed by atoms with E-state index in [1.54, 1.807) is 0 Å². The minimum absolute atomic E-state index is 0.406. The second-order valence-corrected chi connectivity index (χ2v) is 8.39. The van der Waals surface area contributed by atoms with Crippen LogP contribution in [-0.2, 0) is 14.0 Å². The molecule has 82 valence electrons. The summed E-state index contributed by atoms with van der Waals surface area (Å²) >= 11 is 0. The lowest BCUT2D eigenvalue weighted by molar-refractivity contribution is -0.132. The van der Waals surface area contributed by atoms with Crippen LogP contribution in [0.25, 0.3) is 0 Å². The molecule has 0 aliphatic heterocycles. The molecule has 0 radical (unpaired) electrons. The molecule has 0 aromatic carbocycles. The third-order valence-corrected chi connectivity index (χ3v) is 2.43. The highest BCUT2D eigenvalue weighted by atomic mass is 28.4. The van der Waals surface area contributed by atoms with Gasteiger partial charge in [-0.05, 0) is 26.1 Å². The molecule has 0 amide bonds. The number of nitrogens with zero attached hydrogens (tertiary/aromatic N) is 1. The molecule has 0 aromatic rings. The van der Waals surface area contributed by atoms with Crippen molar-refractivity contribution < 1.29 is 14.0 Å². The van der Waals surface area contributed by atoms with Gasteiger partial charge in [-0.3, -0.25) is 4.99 Å². The molecular formula is C9H19NO3Si. The van der Waals surface area contributed by atoms with Crippen molar-refractivity contribution in [2.24, 2.45) is 4.99 Å². The van der Waals surface area contributed by atoms with Crippen molar-refractivity contribution in [1.82, 2.24) is 0 Å². The van der Waals surface area contributed by atoms with Crippen molar-refractivity contribution in [3.8, 4) is 0 Å². The second-order valence-electron chi connectivity index (χ2n) is 3.87. The van der Waals surface area contributed by atoms with Crippen molar-refractivity contribution in [3.05, 3.63) is 0 Å². The van der Waals surface area contributed by atoms with Gasteiger partial charge < -0.3 is 9.16 Å². The molecule has 14 heavy (non-hydrogen) atoms. The fourth-order valence-electron chi connectivity index (χ4n) is 0.726. The van der Waals surface area contributed by atoms with Crippen LogP contribution < -0.4 is 0 Å². The van der Waals surface area contributed by atoms with Crippen molar-refractivity contribution >= 4 is 20.5 Å². The molecule has 0 fully saturated rings. The first-order valence-corrected chi connectivity index (χ1v) is 8.08. The summed E-state index contributed by atoms with van der Waals surface area (Å²) in [6.07, 6.45) is 2.05. The summed E-state index contributed by atoms with van der Waals surface area (Å²) in [4.78, 5) is 14.5. The summed E-state index contributed by atoms with van der Waals surface area (Å²) in [6.45, 7) is 7.76. The van der Waals surface area contributed by atoms with Crippen LogP contribution in [0.2, 0.25) is 19.6 Å². The Hall–Kier alpha value is -0.683. The van der Waals surface area contributed by atoms with Crippen molar-refractivity contribution in [2.75, 3.05) is 20.3 Å². The highest BCUT2D eigenvalue weighted by molar-refractivity contribution is 6.69. The van der Waals surface area contributed by atoms with Gasteiger partial charge in [0.05, 0.1) is 7.11 Å². The van der Waals surface area contributed by atoms with E-state index in [0.29, 0.717) is 13.2 Å². The SMILES string of the molecule is COC(=O)C=NCCCO[Si](C)(C)C. The lowest BCUT2D eigenvalue weighted by Gasteiger charge is -2.16. The third kappa shape index (κ3) is 9.41. The average Bonchev–Trinajstić information content (AvgIpc) is 2.08. The number of methoxy groups -OCH3 is 1. The van der Waals surface area contributed by atoms with E-state index in [4.69, 9.17) is 4.43 Å². The van der Waals surface area contributed by atoms with Gasteiger partial charge >= 0.3 is 5.97 Å². The lowest BCUT2D eigenvalue weighted by Crippen LogP contribution is -2.25. The first kappa shape index (κ1) is 13.3. The van der Waals surface area contributed by atoms with E-state index in [9.17, 15) is 4.79 Å². The molecule has 0 aromatic heterocycles. The molecule has 0 heterocycles. The summed E-state index contributed by atoms with van der Waals surface area (Å²) in [6, 6.07) is 0. The molecule has 0 saturated carbocycles. The summed E-state index contributed by atoms with van der Waals surface area (Å²) < 4.78 is 10.0. The topological polar surface area (TPSA) is 47.9 Å². The Labute approximate surface area is 86.4 Å². The molecule has 5 heteroatoms. The standard InChI is InChI=1S/C9H19NO3Si/c1-12-9(11)8-10-6-5-7-13-14(2,3)4/h8H,5-7H2,1-4H3. The van der Waals surface area contributed by atoms with E-state index in [1.807, 2.05) is 0 Å². The van der Waals surface area contributed by atoms with Gasteiger partial charge in [0.25, 0.3) is 0 Å². The highest BCUT2D eigenvalue weighted by Gasteiger charge is 2.12. The number of carbonyl (C=O) groups excluding carboxylic acids is 1. The van der Waals surface area contributed by atoms with Gasteiger partial charge in [0.2, 0.25) is 0 Å². The Kier molecular flexibility index (Phi) is 6.40. The minimum Gasteiger partial charge on any atom is -0.465 e. The summed E-state index contributed by atoms with van der Waals surface area (Å²) in [7, 11) is -0.0536. The predicted octanol–water partition coefficient (Wildman–Crippen LogP) is 1.47. The van der Waals surface area contributed by atoms with Crippen LogP contribution in [0.15, 0.2) is 4.99 Å². The largest absolute Gasteiger partial charge is 0.465 e. The van der Waals surface area contributed by atoms with Gasteiger partial charge in [0.1, 0.15) is 6.21 Å². The van der Waals surface area contributed by atoms with E-state index in [-0.39, 0.29) is 0 Å². The zero-order valence-corrected chi connectivity index (χ0v) is 10.4. The number of hydrogen-bond acceptors (Lipinski definition) is 4. The Balaban J connectivity index is 3.39. The molecule has 0 spiro atoms. The summed E-state index contributed by atoms with van der Waals surface area (Å²) in [5.74, 6) is -0.406. The molecule has 0 atom stereocenters. The van der Waals surface area contributed by atoms with Crippen LogP contribution in [0.3, 0.4) is 0 Å². The maximum Gasteiger partial charge on any atom is 0.348 e. The fraction of sp³-hybridized carbons (Fsp3) is 0.778. The lowest BCUT2D eigenvalue weighted by atomic mass is 10.5. The molecule has 0 rings (SSSR count). The second kappa shape index (κ2) is 6.72. The molecule has 0 bridgehead atoms. The molecule has 0 unspecified atom stereocenters. The van der Waals surface area contributed by atoms with Gasteiger partial charge in [0.15, 0.2) is 8.32 Å². The van der Waals surface area contributed by atoms with Gasteiger partial charge in [-0.25, -0.2) is 4.79 Å². The smallest absolute Gasteiger partial charge is 0.348 e. The first-order chi connectivity index (χ1) is 6.45. The first-order valence-electron chi connectivity index (χ1n) is 4.67. The number of aliphatic imine (C=N–C) groups is 1. The molecule has 4 nitrogen and oxygen atoms in total. The summed E-state index contributed by atoms with van der Waals surface area (Å²) in [5.41, 5.74) is 0. The van der Waals surface area contributed by atoms with Crippen LogP contribution in [-0.4, -0.2) is 40.8 Å². The van der Waals surface area contributed by atoms with Crippen LogP contribution >= 0.6 is 0 Å². The summed E-state index contributed by atoms with van der Waals surface area (Å²) in [5, 5.41) is 0. The molecule has 0 saturated heterocycles. The fourth-order valence-corrected chi connectivity index (χ4v) is 1.48. The van der Waals surface area contributed by atoms with E-state index in [2.05, 4.69) is 29.4 Å². The van der Waals surface area contributed by atoms with E-state index in [1.165, 1.54) is 13.3 Å². The predicted molar refractivity (Wildman–Crippen MR) is 59.3 cm³/mol. The molecule has 0 aliphatic rings. The molecule has 0 aliphatic carbocycles. The number of esters is 1. The molecular weight excluding hydrogens is 198 g/mol.